The van der Waals surface area contributed by atoms with Crippen molar-refractivity contribution >= 4 is 15.9 Å². The van der Waals surface area contributed by atoms with Crippen molar-refractivity contribution in [3.8, 4) is 17.2 Å². The molecular weight excluding hydrogens is 306 g/mol. The van der Waals surface area contributed by atoms with Gasteiger partial charge in [-0.2, -0.15) is 0 Å². The zero-order valence-electron chi connectivity index (χ0n) is 10.9. The molecule has 2 rings (SSSR count). The summed E-state index contributed by atoms with van der Waals surface area (Å²) in [6.07, 6.45) is 0. The zero-order chi connectivity index (χ0) is 13.8. The van der Waals surface area contributed by atoms with Crippen molar-refractivity contribution in [1.82, 2.24) is 0 Å². The predicted molar refractivity (Wildman–Crippen MR) is 79.8 cm³/mol. The Balaban J connectivity index is 2.36. The van der Waals surface area contributed by atoms with Crippen LogP contribution in [0.5, 0.6) is 17.2 Å². The highest BCUT2D eigenvalue weighted by Gasteiger charge is 2.14. The van der Waals surface area contributed by atoms with Gasteiger partial charge in [0.25, 0.3) is 0 Å². The maximum atomic E-state index is 6.00. The van der Waals surface area contributed by atoms with Crippen LogP contribution in [0.15, 0.2) is 46.9 Å². The molecule has 0 aromatic heterocycles. The molecule has 0 aliphatic heterocycles. The molecule has 0 unspecified atom stereocenters. The number of hydrogen-bond acceptors (Lipinski definition) is 3. The maximum Gasteiger partial charge on any atom is 0.135 e. The Kier molecular flexibility index (Phi) is 4.45. The summed E-state index contributed by atoms with van der Waals surface area (Å²) in [5, 5.41) is 0. The summed E-state index contributed by atoms with van der Waals surface area (Å²) < 4.78 is 12.2. The molecule has 0 spiro atoms. The summed E-state index contributed by atoms with van der Waals surface area (Å²) in [4.78, 5) is 0. The topological polar surface area (TPSA) is 44.5 Å². The molecule has 0 heterocycles. The second-order valence-corrected chi connectivity index (χ2v) is 5.13. The lowest BCUT2D eigenvalue weighted by Gasteiger charge is -2.17. The van der Waals surface area contributed by atoms with Crippen LogP contribution in [0.3, 0.4) is 0 Å². The zero-order valence-corrected chi connectivity index (χ0v) is 12.5. The second-order valence-electron chi connectivity index (χ2n) is 4.22. The van der Waals surface area contributed by atoms with E-state index in [1.807, 2.05) is 49.4 Å². The molecule has 0 fully saturated rings. The van der Waals surface area contributed by atoms with Crippen molar-refractivity contribution in [3.05, 3.63) is 52.5 Å². The number of nitrogens with two attached hydrogens (primary N) is 1. The number of rotatable bonds is 4. The van der Waals surface area contributed by atoms with Crippen LogP contribution in [0.25, 0.3) is 0 Å². The molecule has 0 saturated heterocycles. The highest BCUT2D eigenvalue weighted by atomic mass is 79.9. The third kappa shape index (κ3) is 3.28. The fourth-order valence-electron chi connectivity index (χ4n) is 1.87. The van der Waals surface area contributed by atoms with Gasteiger partial charge in [0.05, 0.1) is 12.7 Å². The van der Waals surface area contributed by atoms with Crippen LogP contribution in [0.4, 0.5) is 0 Å². The Morgan fingerprint density at radius 2 is 1.68 bits per heavy atom. The van der Waals surface area contributed by atoms with E-state index >= 15 is 0 Å². The van der Waals surface area contributed by atoms with Gasteiger partial charge in [0, 0.05) is 10.5 Å². The summed E-state index contributed by atoms with van der Waals surface area (Å²) in [6.45, 7) is 1.91. The minimum atomic E-state index is -0.165. The Labute approximate surface area is 121 Å². The molecule has 0 amide bonds. The molecule has 0 aliphatic rings. The average molecular weight is 322 g/mol. The van der Waals surface area contributed by atoms with Crippen LogP contribution in [-0.2, 0) is 0 Å². The Bertz CT molecular complexity index is 553. The SMILES string of the molecule is COc1cccc(Oc2ccc(Br)cc2)c1[C@H](C)N. The van der Waals surface area contributed by atoms with Gasteiger partial charge in [0.1, 0.15) is 17.2 Å². The van der Waals surface area contributed by atoms with E-state index in [4.69, 9.17) is 15.2 Å². The van der Waals surface area contributed by atoms with Crippen LogP contribution >= 0.6 is 15.9 Å². The van der Waals surface area contributed by atoms with E-state index in [9.17, 15) is 0 Å². The molecule has 2 aromatic rings. The molecule has 1 atom stereocenters. The van der Waals surface area contributed by atoms with Gasteiger partial charge in [-0.15, -0.1) is 0 Å². The van der Waals surface area contributed by atoms with E-state index < -0.39 is 0 Å². The van der Waals surface area contributed by atoms with Crippen LogP contribution in [-0.4, -0.2) is 7.11 Å². The third-order valence-corrected chi connectivity index (χ3v) is 3.27. The average Bonchev–Trinajstić information content (AvgIpc) is 2.40. The van der Waals surface area contributed by atoms with Crippen molar-refractivity contribution in [3.63, 3.8) is 0 Å². The van der Waals surface area contributed by atoms with Gasteiger partial charge in [0.2, 0.25) is 0 Å². The predicted octanol–water partition coefficient (Wildman–Crippen LogP) is 4.27. The molecule has 3 nitrogen and oxygen atoms in total. The van der Waals surface area contributed by atoms with Crippen LogP contribution in [0.2, 0.25) is 0 Å². The largest absolute Gasteiger partial charge is 0.496 e. The lowest BCUT2D eigenvalue weighted by Crippen LogP contribution is -2.08. The van der Waals surface area contributed by atoms with Gasteiger partial charge in [-0.05, 0) is 43.3 Å². The van der Waals surface area contributed by atoms with Crippen molar-refractivity contribution in [2.45, 2.75) is 13.0 Å². The molecule has 19 heavy (non-hydrogen) atoms. The number of benzene rings is 2. The minimum Gasteiger partial charge on any atom is -0.496 e. The van der Waals surface area contributed by atoms with Gasteiger partial charge in [-0.25, -0.2) is 0 Å². The highest BCUT2D eigenvalue weighted by Crippen LogP contribution is 2.35. The molecule has 0 aliphatic carbocycles. The fraction of sp³-hybridized carbons (Fsp3) is 0.200. The van der Waals surface area contributed by atoms with Crippen LogP contribution in [0, 0.1) is 0 Å². The molecular formula is C15H16BrNO2. The number of ether oxygens (including phenoxy) is 2. The molecule has 0 saturated carbocycles. The maximum absolute atomic E-state index is 6.00. The highest BCUT2D eigenvalue weighted by molar-refractivity contribution is 9.10. The van der Waals surface area contributed by atoms with Crippen molar-refractivity contribution in [1.29, 1.82) is 0 Å². The monoisotopic (exact) mass is 321 g/mol. The lowest BCUT2D eigenvalue weighted by molar-refractivity contribution is 0.397. The number of halogens is 1. The van der Waals surface area contributed by atoms with E-state index in [-0.39, 0.29) is 6.04 Å². The van der Waals surface area contributed by atoms with E-state index in [0.717, 1.165) is 27.3 Å². The van der Waals surface area contributed by atoms with Gasteiger partial charge in [-0.3, -0.25) is 0 Å². The number of hydrogen-bond donors (Lipinski definition) is 1. The summed E-state index contributed by atoms with van der Waals surface area (Å²) in [5.74, 6) is 2.22. The Morgan fingerprint density at radius 1 is 1.05 bits per heavy atom. The fourth-order valence-corrected chi connectivity index (χ4v) is 2.13. The van der Waals surface area contributed by atoms with Crippen molar-refractivity contribution < 1.29 is 9.47 Å². The molecule has 2 N–H and O–H groups in total. The molecule has 0 radical (unpaired) electrons. The summed E-state index contributed by atoms with van der Waals surface area (Å²) in [6, 6.07) is 13.2. The molecule has 100 valence electrons. The lowest BCUT2D eigenvalue weighted by atomic mass is 10.1. The van der Waals surface area contributed by atoms with Gasteiger partial charge in [0.15, 0.2) is 0 Å². The van der Waals surface area contributed by atoms with Gasteiger partial charge in [-0.1, -0.05) is 22.0 Å². The standard InChI is InChI=1S/C15H16BrNO2/c1-10(17)15-13(18-2)4-3-5-14(15)19-12-8-6-11(16)7-9-12/h3-10H,17H2,1-2H3/t10-/m0/s1. The van der Waals surface area contributed by atoms with E-state index in [1.165, 1.54) is 0 Å². The van der Waals surface area contributed by atoms with Crippen molar-refractivity contribution in [2.75, 3.05) is 7.11 Å². The second kappa shape index (κ2) is 6.08. The smallest absolute Gasteiger partial charge is 0.135 e. The third-order valence-electron chi connectivity index (χ3n) is 2.74. The first kappa shape index (κ1) is 13.9. The number of methoxy groups -OCH3 is 1. The first-order chi connectivity index (χ1) is 9.11. The Hall–Kier alpha value is -1.52. The van der Waals surface area contributed by atoms with Crippen LogP contribution in [0.1, 0.15) is 18.5 Å². The van der Waals surface area contributed by atoms with Gasteiger partial charge < -0.3 is 15.2 Å². The quantitative estimate of drug-likeness (QED) is 0.914. The van der Waals surface area contributed by atoms with E-state index in [2.05, 4.69) is 15.9 Å². The van der Waals surface area contributed by atoms with Crippen molar-refractivity contribution in [2.24, 2.45) is 5.73 Å². The normalized spacial score (nSPS) is 12.0. The van der Waals surface area contributed by atoms with E-state index in [0.29, 0.717) is 0 Å². The van der Waals surface area contributed by atoms with Crippen LogP contribution < -0.4 is 15.2 Å². The molecule has 4 heteroatoms. The first-order valence-electron chi connectivity index (χ1n) is 5.97. The summed E-state index contributed by atoms with van der Waals surface area (Å²) >= 11 is 3.40. The first-order valence-corrected chi connectivity index (χ1v) is 6.77. The minimum absolute atomic E-state index is 0.165. The summed E-state index contributed by atoms with van der Waals surface area (Å²) in [5.41, 5.74) is 6.87. The van der Waals surface area contributed by atoms with E-state index in [1.54, 1.807) is 7.11 Å². The molecule has 0 bridgehead atoms. The summed E-state index contributed by atoms with van der Waals surface area (Å²) in [7, 11) is 1.63. The molecule has 2 aromatic carbocycles. The Morgan fingerprint density at radius 3 is 2.26 bits per heavy atom. The van der Waals surface area contributed by atoms with Gasteiger partial charge >= 0.3 is 0 Å².